The van der Waals surface area contributed by atoms with Gasteiger partial charge in [-0.15, -0.1) is 0 Å². The van der Waals surface area contributed by atoms with Gasteiger partial charge in [-0.25, -0.2) is 8.78 Å². The SMILES string of the molecule is CCCN(CCN(C)C)c1c(F)cc(CO)cc1F. The van der Waals surface area contributed by atoms with Crippen molar-refractivity contribution >= 4 is 5.69 Å². The first kappa shape index (κ1) is 15.9. The second-order valence-electron chi connectivity index (χ2n) is 4.86. The summed E-state index contributed by atoms with van der Waals surface area (Å²) in [6, 6.07) is 2.38. The number of rotatable bonds is 7. The fourth-order valence-electron chi connectivity index (χ4n) is 1.94. The molecule has 0 atom stereocenters. The van der Waals surface area contributed by atoms with E-state index in [0.717, 1.165) is 13.0 Å². The Balaban J connectivity index is 3.01. The minimum atomic E-state index is -0.615. The van der Waals surface area contributed by atoms with Crippen molar-refractivity contribution in [3.8, 4) is 0 Å². The highest BCUT2D eigenvalue weighted by Crippen LogP contribution is 2.25. The number of halogens is 2. The summed E-state index contributed by atoms with van der Waals surface area (Å²) in [4.78, 5) is 3.69. The molecule has 1 aromatic rings. The topological polar surface area (TPSA) is 26.7 Å². The van der Waals surface area contributed by atoms with Crippen LogP contribution in [0.4, 0.5) is 14.5 Å². The molecule has 0 saturated carbocycles. The molecule has 0 radical (unpaired) electrons. The third-order valence-corrected chi connectivity index (χ3v) is 2.89. The predicted octanol–water partition coefficient (Wildman–Crippen LogP) is 2.24. The molecule has 0 heterocycles. The Labute approximate surface area is 113 Å². The number of aliphatic hydroxyl groups is 1. The summed E-state index contributed by atoms with van der Waals surface area (Å²) in [5, 5.41) is 8.94. The zero-order valence-electron chi connectivity index (χ0n) is 11.8. The van der Waals surface area contributed by atoms with Gasteiger partial charge in [0.15, 0.2) is 0 Å². The Morgan fingerprint density at radius 2 is 1.63 bits per heavy atom. The van der Waals surface area contributed by atoms with Crippen LogP contribution in [0.2, 0.25) is 0 Å². The summed E-state index contributed by atoms with van der Waals surface area (Å²) in [6.45, 7) is 3.49. The fourth-order valence-corrected chi connectivity index (χ4v) is 1.94. The van der Waals surface area contributed by atoms with Gasteiger partial charge in [-0.3, -0.25) is 0 Å². The van der Waals surface area contributed by atoms with E-state index in [-0.39, 0.29) is 17.9 Å². The second kappa shape index (κ2) is 7.40. The molecule has 108 valence electrons. The van der Waals surface area contributed by atoms with Crippen molar-refractivity contribution in [3.05, 3.63) is 29.3 Å². The molecule has 1 rings (SSSR count). The van der Waals surface area contributed by atoms with Crippen molar-refractivity contribution in [2.45, 2.75) is 20.0 Å². The smallest absolute Gasteiger partial charge is 0.149 e. The number of hydrogen-bond donors (Lipinski definition) is 1. The fraction of sp³-hybridized carbons (Fsp3) is 0.571. The van der Waals surface area contributed by atoms with Crippen LogP contribution in [-0.2, 0) is 6.61 Å². The van der Waals surface area contributed by atoms with E-state index in [9.17, 15) is 8.78 Å². The molecule has 1 N–H and O–H groups in total. The largest absolute Gasteiger partial charge is 0.392 e. The van der Waals surface area contributed by atoms with E-state index in [1.165, 1.54) is 12.1 Å². The molecular weight excluding hydrogens is 250 g/mol. The molecule has 19 heavy (non-hydrogen) atoms. The highest BCUT2D eigenvalue weighted by atomic mass is 19.1. The number of anilines is 1. The summed E-state index contributed by atoms with van der Waals surface area (Å²) < 4.78 is 28.0. The lowest BCUT2D eigenvalue weighted by Gasteiger charge is -2.27. The van der Waals surface area contributed by atoms with Gasteiger partial charge in [0.1, 0.15) is 17.3 Å². The summed E-state index contributed by atoms with van der Waals surface area (Å²) in [5.74, 6) is -1.23. The molecule has 0 fully saturated rings. The molecule has 0 unspecified atom stereocenters. The molecule has 0 bridgehead atoms. The third kappa shape index (κ3) is 4.44. The zero-order chi connectivity index (χ0) is 14.4. The van der Waals surface area contributed by atoms with E-state index in [2.05, 4.69) is 0 Å². The predicted molar refractivity (Wildman–Crippen MR) is 73.3 cm³/mol. The molecule has 0 aromatic heterocycles. The lowest BCUT2D eigenvalue weighted by Crippen LogP contribution is -2.33. The van der Waals surface area contributed by atoms with Gasteiger partial charge in [0.2, 0.25) is 0 Å². The van der Waals surface area contributed by atoms with E-state index in [0.29, 0.717) is 13.1 Å². The Morgan fingerprint density at radius 1 is 1.05 bits per heavy atom. The van der Waals surface area contributed by atoms with Gasteiger partial charge in [-0.2, -0.15) is 0 Å². The van der Waals surface area contributed by atoms with Crippen LogP contribution in [0.3, 0.4) is 0 Å². The van der Waals surface area contributed by atoms with Crippen molar-refractivity contribution in [1.82, 2.24) is 4.90 Å². The van der Waals surface area contributed by atoms with Crippen molar-refractivity contribution in [1.29, 1.82) is 0 Å². The molecule has 0 spiro atoms. The number of aliphatic hydroxyl groups excluding tert-OH is 1. The summed E-state index contributed by atoms with van der Waals surface area (Å²) in [6.07, 6.45) is 0.814. The highest BCUT2D eigenvalue weighted by Gasteiger charge is 2.17. The van der Waals surface area contributed by atoms with Crippen molar-refractivity contribution in [2.24, 2.45) is 0 Å². The van der Waals surface area contributed by atoms with Gasteiger partial charge in [-0.05, 0) is 38.2 Å². The monoisotopic (exact) mass is 272 g/mol. The first-order valence-electron chi connectivity index (χ1n) is 6.48. The second-order valence-corrected chi connectivity index (χ2v) is 4.86. The van der Waals surface area contributed by atoms with Gasteiger partial charge in [0.05, 0.1) is 6.61 Å². The summed E-state index contributed by atoms with van der Waals surface area (Å²) >= 11 is 0. The molecule has 1 aromatic carbocycles. The minimum Gasteiger partial charge on any atom is -0.392 e. The molecule has 0 aliphatic carbocycles. The minimum absolute atomic E-state index is 0.000833. The highest BCUT2D eigenvalue weighted by molar-refractivity contribution is 5.50. The van der Waals surface area contributed by atoms with Crippen LogP contribution in [0, 0.1) is 11.6 Å². The van der Waals surface area contributed by atoms with E-state index in [1.54, 1.807) is 4.90 Å². The number of likely N-dealkylation sites (N-methyl/N-ethyl adjacent to an activating group) is 1. The molecule has 0 aliphatic heterocycles. The number of nitrogens with zero attached hydrogens (tertiary/aromatic N) is 2. The van der Waals surface area contributed by atoms with E-state index in [1.807, 2.05) is 25.9 Å². The van der Waals surface area contributed by atoms with E-state index >= 15 is 0 Å². The molecule has 0 saturated heterocycles. The number of benzene rings is 1. The van der Waals surface area contributed by atoms with E-state index < -0.39 is 11.6 Å². The van der Waals surface area contributed by atoms with Crippen LogP contribution >= 0.6 is 0 Å². The van der Waals surface area contributed by atoms with Gasteiger partial charge < -0.3 is 14.9 Å². The van der Waals surface area contributed by atoms with Crippen molar-refractivity contribution in [3.63, 3.8) is 0 Å². The van der Waals surface area contributed by atoms with Crippen LogP contribution in [0.5, 0.6) is 0 Å². The van der Waals surface area contributed by atoms with Crippen LogP contribution in [0.15, 0.2) is 12.1 Å². The van der Waals surface area contributed by atoms with Gasteiger partial charge in [0, 0.05) is 19.6 Å². The maximum atomic E-state index is 14.0. The summed E-state index contributed by atoms with van der Waals surface area (Å²) in [5.41, 5.74) is 0.253. The first-order chi connectivity index (χ1) is 8.99. The Hall–Kier alpha value is -1.20. The molecule has 3 nitrogen and oxygen atoms in total. The Kier molecular flexibility index (Phi) is 6.18. The zero-order valence-corrected chi connectivity index (χ0v) is 11.8. The van der Waals surface area contributed by atoms with E-state index in [4.69, 9.17) is 5.11 Å². The van der Waals surface area contributed by atoms with Crippen LogP contribution in [-0.4, -0.2) is 43.7 Å². The van der Waals surface area contributed by atoms with Crippen LogP contribution < -0.4 is 4.90 Å². The number of hydrogen-bond acceptors (Lipinski definition) is 3. The first-order valence-corrected chi connectivity index (χ1v) is 6.48. The standard InChI is InChI=1S/C14H22F2N2O/c1-4-5-18(7-6-17(2)3)14-12(15)8-11(10-19)9-13(14)16/h8-9,19H,4-7,10H2,1-3H3. The molecule has 5 heteroatoms. The van der Waals surface area contributed by atoms with Crippen LogP contribution in [0.25, 0.3) is 0 Å². The Morgan fingerprint density at radius 3 is 2.05 bits per heavy atom. The third-order valence-electron chi connectivity index (χ3n) is 2.89. The van der Waals surface area contributed by atoms with Crippen molar-refractivity contribution < 1.29 is 13.9 Å². The van der Waals surface area contributed by atoms with Gasteiger partial charge in [0.25, 0.3) is 0 Å². The maximum absolute atomic E-state index is 14.0. The lowest BCUT2D eigenvalue weighted by molar-refractivity contribution is 0.280. The van der Waals surface area contributed by atoms with Crippen LogP contribution in [0.1, 0.15) is 18.9 Å². The normalized spacial score (nSPS) is 11.1. The molecular formula is C14H22F2N2O. The quantitative estimate of drug-likeness (QED) is 0.824. The molecule has 0 aliphatic rings. The maximum Gasteiger partial charge on any atom is 0.149 e. The Bertz CT molecular complexity index is 387. The average Bonchev–Trinajstić information content (AvgIpc) is 2.34. The van der Waals surface area contributed by atoms with Gasteiger partial charge >= 0.3 is 0 Å². The van der Waals surface area contributed by atoms with Crippen molar-refractivity contribution in [2.75, 3.05) is 38.6 Å². The average molecular weight is 272 g/mol. The lowest BCUT2D eigenvalue weighted by atomic mass is 10.1. The summed E-state index contributed by atoms with van der Waals surface area (Å²) in [7, 11) is 3.84. The van der Waals surface area contributed by atoms with Gasteiger partial charge in [-0.1, -0.05) is 6.92 Å². The molecule has 0 amide bonds.